The number of nitriles is 1. The molecule has 3 rings (SSSR count). The summed E-state index contributed by atoms with van der Waals surface area (Å²) in [6.45, 7) is 1.65. The number of nitrogens with zero attached hydrogens (tertiary/aromatic N) is 2. The Balaban J connectivity index is 1.64. The Hall–Kier alpha value is -3.17. The molecule has 0 aliphatic rings. The van der Waals surface area contributed by atoms with Gasteiger partial charge < -0.3 is 4.74 Å². The third-order valence-corrected chi connectivity index (χ3v) is 4.21. The topological polar surface area (TPSA) is 75.0 Å². The van der Waals surface area contributed by atoms with Gasteiger partial charge in [0, 0.05) is 10.9 Å². The van der Waals surface area contributed by atoms with E-state index in [1.807, 2.05) is 41.8 Å². The predicted octanol–water partition coefficient (Wildman–Crippen LogP) is 4.09. The van der Waals surface area contributed by atoms with E-state index in [4.69, 9.17) is 10.00 Å². The minimum atomic E-state index is -0.710. The molecule has 1 amide bonds. The average molecular weight is 349 g/mol. The molecule has 25 heavy (non-hydrogen) atoms. The maximum Gasteiger partial charge on any atom is 0.266 e. The molecule has 2 aromatic carbocycles. The zero-order valence-electron chi connectivity index (χ0n) is 13.5. The molecule has 0 aliphatic heterocycles. The standard InChI is InChI=1S/C19H15N3O2S/c1-13(24-16-9-5-6-14(10-16)11-20)18(23)22-19-21-17(12-25-19)15-7-3-2-4-8-15/h2-10,12-13H,1H3,(H,21,22,23). The summed E-state index contributed by atoms with van der Waals surface area (Å²) in [5.74, 6) is 0.183. The van der Waals surface area contributed by atoms with Crippen molar-refractivity contribution >= 4 is 22.4 Å². The van der Waals surface area contributed by atoms with E-state index in [0.717, 1.165) is 11.3 Å². The maximum absolute atomic E-state index is 12.3. The highest BCUT2D eigenvalue weighted by Crippen LogP contribution is 2.25. The third-order valence-electron chi connectivity index (χ3n) is 3.45. The highest BCUT2D eigenvalue weighted by molar-refractivity contribution is 7.14. The van der Waals surface area contributed by atoms with Gasteiger partial charge >= 0.3 is 0 Å². The Morgan fingerprint density at radius 3 is 2.80 bits per heavy atom. The van der Waals surface area contributed by atoms with Gasteiger partial charge in [0.1, 0.15) is 5.75 Å². The van der Waals surface area contributed by atoms with E-state index >= 15 is 0 Å². The molecule has 0 saturated carbocycles. The Bertz CT molecular complexity index is 916. The second-order valence-electron chi connectivity index (χ2n) is 5.29. The number of aromatic nitrogens is 1. The summed E-state index contributed by atoms with van der Waals surface area (Å²) in [7, 11) is 0. The lowest BCUT2D eigenvalue weighted by molar-refractivity contribution is -0.122. The molecule has 6 heteroatoms. The minimum Gasteiger partial charge on any atom is -0.481 e. The van der Waals surface area contributed by atoms with Gasteiger partial charge in [-0.2, -0.15) is 5.26 Å². The second kappa shape index (κ2) is 7.60. The molecule has 1 heterocycles. The summed E-state index contributed by atoms with van der Waals surface area (Å²) in [5, 5.41) is 14.1. The number of hydrogen-bond donors (Lipinski definition) is 1. The molecule has 0 aliphatic carbocycles. The van der Waals surface area contributed by atoms with Crippen LogP contribution in [0.2, 0.25) is 0 Å². The largest absolute Gasteiger partial charge is 0.481 e. The monoisotopic (exact) mass is 349 g/mol. The van der Waals surface area contributed by atoms with Gasteiger partial charge in [0.2, 0.25) is 0 Å². The second-order valence-corrected chi connectivity index (χ2v) is 6.15. The van der Waals surface area contributed by atoms with Crippen LogP contribution in [0.15, 0.2) is 60.0 Å². The highest BCUT2D eigenvalue weighted by atomic mass is 32.1. The lowest BCUT2D eigenvalue weighted by Crippen LogP contribution is -2.30. The first-order valence-electron chi connectivity index (χ1n) is 7.64. The van der Waals surface area contributed by atoms with E-state index in [0.29, 0.717) is 16.4 Å². The van der Waals surface area contributed by atoms with E-state index in [1.165, 1.54) is 11.3 Å². The summed E-state index contributed by atoms with van der Waals surface area (Å²) < 4.78 is 5.60. The summed E-state index contributed by atoms with van der Waals surface area (Å²) >= 11 is 1.36. The van der Waals surface area contributed by atoms with E-state index in [9.17, 15) is 4.79 Å². The van der Waals surface area contributed by atoms with Crippen molar-refractivity contribution < 1.29 is 9.53 Å². The lowest BCUT2D eigenvalue weighted by atomic mass is 10.2. The third kappa shape index (κ3) is 4.22. The van der Waals surface area contributed by atoms with Crippen LogP contribution in [0.1, 0.15) is 12.5 Å². The van der Waals surface area contributed by atoms with Crippen molar-refractivity contribution in [3.8, 4) is 23.1 Å². The molecular formula is C19H15N3O2S. The van der Waals surface area contributed by atoms with Gasteiger partial charge in [-0.25, -0.2) is 4.98 Å². The van der Waals surface area contributed by atoms with Gasteiger partial charge in [-0.15, -0.1) is 11.3 Å². The van der Waals surface area contributed by atoms with Crippen molar-refractivity contribution in [3.05, 3.63) is 65.5 Å². The number of rotatable bonds is 5. The summed E-state index contributed by atoms with van der Waals surface area (Å²) in [6.07, 6.45) is -0.710. The van der Waals surface area contributed by atoms with E-state index in [2.05, 4.69) is 10.3 Å². The Kier molecular flexibility index (Phi) is 5.07. The Morgan fingerprint density at radius 1 is 1.24 bits per heavy atom. The van der Waals surface area contributed by atoms with Crippen molar-refractivity contribution in [1.82, 2.24) is 4.98 Å². The summed E-state index contributed by atoms with van der Waals surface area (Å²) in [6, 6.07) is 18.5. The van der Waals surface area contributed by atoms with Gasteiger partial charge in [0.15, 0.2) is 11.2 Å². The Labute approximate surface area is 149 Å². The molecular weight excluding hydrogens is 334 g/mol. The summed E-state index contributed by atoms with van der Waals surface area (Å²) in [5.41, 5.74) is 2.30. The molecule has 0 fully saturated rings. The first kappa shape index (κ1) is 16.7. The first-order chi connectivity index (χ1) is 12.2. The van der Waals surface area contributed by atoms with Crippen molar-refractivity contribution in [3.63, 3.8) is 0 Å². The van der Waals surface area contributed by atoms with Crippen molar-refractivity contribution in [2.45, 2.75) is 13.0 Å². The van der Waals surface area contributed by atoms with E-state index < -0.39 is 6.10 Å². The summed E-state index contributed by atoms with van der Waals surface area (Å²) in [4.78, 5) is 16.7. The zero-order chi connectivity index (χ0) is 17.6. The number of thiazole rings is 1. The first-order valence-corrected chi connectivity index (χ1v) is 8.52. The quantitative estimate of drug-likeness (QED) is 0.753. The molecule has 1 unspecified atom stereocenters. The number of carbonyl (C=O) groups excluding carboxylic acids is 1. The van der Waals surface area contributed by atoms with Crippen LogP contribution in [0, 0.1) is 11.3 Å². The van der Waals surface area contributed by atoms with Crippen LogP contribution < -0.4 is 10.1 Å². The maximum atomic E-state index is 12.3. The average Bonchev–Trinajstić information content (AvgIpc) is 3.11. The molecule has 0 spiro atoms. The van der Waals surface area contributed by atoms with Gasteiger partial charge in [-0.05, 0) is 25.1 Å². The van der Waals surface area contributed by atoms with Crippen molar-refractivity contribution in [2.24, 2.45) is 0 Å². The molecule has 0 radical (unpaired) electrons. The van der Waals surface area contributed by atoms with Gasteiger partial charge in [-0.1, -0.05) is 36.4 Å². The van der Waals surface area contributed by atoms with Crippen molar-refractivity contribution in [2.75, 3.05) is 5.32 Å². The van der Waals surface area contributed by atoms with Gasteiger partial charge in [0.25, 0.3) is 5.91 Å². The van der Waals surface area contributed by atoms with Gasteiger partial charge in [0.05, 0.1) is 17.3 Å². The number of carbonyl (C=O) groups is 1. The molecule has 3 aromatic rings. The molecule has 1 N–H and O–H groups in total. The number of ether oxygens (including phenoxy) is 1. The van der Waals surface area contributed by atoms with Crippen LogP contribution in [-0.2, 0) is 4.79 Å². The lowest BCUT2D eigenvalue weighted by Gasteiger charge is -2.13. The van der Waals surface area contributed by atoms with Crippen LogP contribution in [0.5, 0.6) is 5.75 Å². The fraction of sp³-hybridized carbons (Fsp3) is 0.105. The number of benzene rings is 2. The number of anilines is 1. The smallest absolute Gasteiger partial charge is 0.266 e. The minimum absolute atomic E-state index is 0.295. The van der Waals surface area contributed by atoms with E-state index in [-0.39, 0.29) is 5.91 Å². The predicted molar refractivity (Wildman–Crippen MR) is 97.4 cm³/mol. The fourth-order valence-electron chi connectivity index (χ4n) is 2.18. The molecule has 1 aromatic heterocycles. The van der Waals surface area contributed by atoms with Gasteiger partial charge in [-0.3, -0.25) is 10.1 Å². The molecule has 1 atom stereocenters. The van der Waals surface area contributed by atoms with E-state index in [1.54, 1.807) is 31.2 Å². The molecule has 124 valence electrons. The zero-order valence-corrected chi connectivity index (χ0v) is 14.3. The molecule has 0 bridgehead atoms. The van der Waals surface area contributed by atoms with Crippen LogP contribution in [0.4, 0.5) is 5.13 Å². The highest BCUT2D eigenvalue weighted by Gasteiger charge is 2.17. The number of amides is 1. The number of nitrogens with one attached hydrogen (secondary N) is 1. The van der Waals surface area contributed by atoms with Crippen LogP contribution in [0.25, 0.3) is 11.3 Å². The van der Waals surface area contributed by atoms with Crippen LogP contribution in [0.3, 0.4) is 0 Å². The van der Waals surface area contributed by atoms with Crippen LogP contribution >= 0.6 is 11.3 Å². The number of hydrogen-bond acceptors (Lipinski definition) is 5. The Morgan fingerprint density at radius 2 is 2.04 bits per heavy atom. The molecule has 0 saturated heterocycles. The normalized spacial score (nSPS) is 11.4. The molecule has 5 nitrogen and oxygen atoms in total. The SMILES string of the molecule is CC(Oc1cccc(C#N)c1)C(=O)Nc1nc(-c2ccccc2)cs1. The van der Waals surface area contributed by atoms with Crippen LogP contribution in [-0.4, -0.2) is 17.0 Å². The fourth-order valence-corrected chi connectivity index (χ4v) is 2.90. The van der Waals surface area contributed by atoms with Crippen molar-refractivity contribution in [1.29, 1.82) is 5.26 Å².